The number of hydrogen-bond acceptors (Lipinski definition) is 4. The molecule has 1 aliphatic rings. The van der Waals surface area contributed by atoms with E-state index in [9.17, 15) is 4.89 Å². The summed E-state index contributed by atoms with van der Waals surface area (Å²) in [6.45, 7) is 21.3. The van der Waals surface area contributed by atoms with Crippen LogP contribution in [0.2, 0.25) is 0 Å². The molecule has 0 aliphatic carbocycles. The van der Waals surface area contributed by atoms with Crippen LogP contribution in [0, 0.1) is 0 Å². The Bertz CT molecular complexity index is 319. The second-order valence-corrected chi connectivity index (χ2v) is 8.88. The predicted octanol–water partition coefficient (Wildman–Crippen LogP) is 2.36. The first-order valence-corrected chi connectivity index (χ1v) is 11.6. The molecule has 0 amide bonds. The van der Waals surface area contributed by atoms with E-state index in [-0.39, 0.29) is 0 Å². The Morgan fingerprint density at radius 1 is 0.739 bits per heavy atom. The number of nitrogens with zero attached hydrogens (tertiary/aromatic N) is 2. The van der Waals surface area contributed by atoms with Crippen molar-refractivity contribution in [2.45, 2.75) is 41.5 Å². The summed E-state index contributed by atoms with van der Waals surface area (Å²) in [7, 11) is 0. The van der Waals surface area contributed by atoms with Crippen LogP contribution in [-0.2, 0) is 20.9 Å². The molecule has 1 saturated heterocycles. The average molecular weight is 370 g/mol. The van der Waals surface area contributed by atoms with E-state index in [1.54, 1.807) is 13.8 Å². The van der Waals surface area contributed by atoms with E-state index in [0.717, 1.165) is 0 Å². The van der Waals surface area contributed by atoms with Crippen molar-refractivity contribution in [3.8, 4) is 0 Å². The third-order valence-corrected chi connectivity index (χ3v) is 7.14. The van der Waals surface area contributed by atoms with E-state index in [1.807, 2.05) is 0 Å². The molecule has 5 nitrogen and oxygen atoms in total. The number of piperazine rings is 1. The van der Waals surface area contributed by atoms with Crippen LogP contribution < -0.4 is 4.89 Å². The minimum absolute atomic E-state index is 0.334. The fourth-order valence-electron chi connectivity index (χ4n) is 3.14. The normalized spacial score (nSPS) is 19.8. The smallest absolute Gasteiger partial charge is 0.129 e. The Hall–Kier alpha value is 0.450. The molecule has 140 valence electrons. The molecule has 0 saturated carbocycles. The van der Waals surface area contributed by atoms with Crippen LogP contribution in [0.15, 0.2) is 0 Å². The lowest BCUT2D eigenvalue weighted by atomic mass is 10.2. The van der Waals surface area contributed by atoms with E-state index >= 15 is 0 Å². The van der Waals surface area contributed by atoms with E-state index in [1.165, 1.54) is 61.3 Å². The van der Waals surface area contributed by atoms with Crippen LogP contribution >= 0.6 is 6.72 Å². The van der Waals surface area contributed by atoms with Gasteiger partial charge in [0.25, 0.3) is 0 Å². The molecule has 23 heavy (non-hydrogen) atoms. The van der Waals surface area contributed by atoms with Crippen LogP contribution in [0.5, 0.6) is 0 Å². The summed E-state index contributed by atoms with van der Waals surface area (Å²) in [5.74, 6) is 0. The summed E-state index contributed by atoms with van der Waals surface area (Å²) in [5, 5.41) is 0. The Balaban J connectivity index is 0.000000468. The molecule has 1 fully saturated rings. The largest absolute Gasteiger partial charge is 0.780 e. The summed E-state index contributed by atoms with van der Waals surface area (Å²) in [4.78, 5) is 10.8. The van der Waals surface area contributed by atoms with Gasteiger partial charge in [-0.3, -0.25) is 0 Å². The molecule has 0 aromatic rings. The van der Waals surface area contributed by atoms with E-state index < -0.39 is 6.72 Å². The van der Waals surface area contributed by atoms with Crippen molar-refractivity contribution in [2.24, 2.45) is 0 Å². The first-order valence-electron chi connectivity index (χ1n) is 9.08. The van der Waals surface area contributed by atoms with Crippen molar-refractivity contribution in [3.05, 3.63) is 0 Å². The van der Waals surface area contributed by atoms with Gasteiger partial charge in [0.2, 0.25) is 0 Å². The molecule has 1 heterocycles. The highest BCUT2D eigenvalue weighted by Crippen LogP contribution is 2.37. The summed E-state index contributed by atoms with van der Waals surface area (Å²) in [6, 6.07) is 0. The molecular formula is C16H38N2O3PS+. The molecule has 0 aromatic carbocycles. The molecule has 0 unspecified atom stereocenters. The quantitative estimate of drug-likeness (QED) is 0.487. The molecule has 0 atom stereocenters. The standard InChI is InChI=1S/C12H28N2.C4H11O3PS/c1-5-13(6-2)9-11-14(7-3,8-4)12-10-13;1-3-6-8(5,9)7-4-2/h5-12H2,1-4H3;3-4H2,1-2H3,(H,5,9)/q+2;/p-1. The van der Waals surface area contributed by atoms with E-state index in [2.05, 4.69) is 48.5 Å². The minimum Gasteiger partial charge on any atom is -0.780 e. The van der Waals surface area contributed by atoms with E-state index in [0.29, 0.717) is 13.2 Å². The second-order valence-electron chi connectivity index (χ2n) is 6.13. The van der Waals surface area contributed by atoms with Gasteiger partial charge in [0.05, 0.1) is 39.4 Å². The number of hydrogen-bond donors (Lipinski definition) is 0. The van der Waals surface area contributed by atoms with Crippen molar-refractivity contribution >= 4 is 18.5 Å². The Morgan fingerprint density at radius 3 is 1.17 bits per heavy atom. The van der Waals surface area contributed by atoms with Gasteiger partial charge in [0.15, 0.2) is 0 Å². The molecule has 1 aliphatic heterocycles. The molecule has 7 heteroatoms. The SMILES string of the molecule is CCOP([O-])(=S)OCC.CC[N+]1(CC)CC[N+](CC)(CC)CC1. The maximum Gasteiger partial charge on any atom is 0.129 e. The Morgan fingerprint density at radius 2 is 1.00 bits per heavy atom. The van der Waals surface area contributed by atoms with Gasteiger partial charge >= 0.3 is 0 Å². The van der Waals surface area contributed by atoms with Gasteiger partial charge < -0.3 is 22.9 Å². The molecule has 0 N–H and O–H groups in total. The van der Waals surface area contributed by atoms with Crippen molar-refractivity contribution in [2.75, 3.05) is 65.6 Å². The van der Waals surface area contributed by atoms with Gasteiger partial charge in [-0.05, 0) is 41.5 Å². The van der Waals surface area contributed by atoms with Crippen LogP contribution in [0.25, 0.3) is 0 Å². The number of quaternary nitrogens is 2. The average Bonchev–Trinajstić information content (AvgIpc) is 2.55. The third-order valence-electron chi connectivity index (χ3n) is 5.36. The maximum absolute atomic E-state index is 10.8. The fourth-order valence-corrected chi connectivity index (χ4v) is 4.48. The summed E-state index contributed by atoms with van der Waals surface area (Å²) in [5.41, 5.74) is 0. The first-order chi connectivity index (χ1) is 10.8. The lowest BCUT2D eigenvalue weighted by Crippen LogP contribution is -2.66. The summed E-state index contributed by atoms with van der Waals surface area (Å²) >= 11 is 4.45. The van der Waals surface area contributed by atoms with Gasteiger partial charge in [-0.15, -0.1) is 0 Å². The van der Waals surface area contributed by atoms with Gasteiger partial charge in [-0.25, -0.2) is 0 Å². The van der Waals surface area contributed by atoms with Crippen molar-refractivity contribution in [1.82, 2.24) is 0 Å². The highest BCUT2D eigenvalue weighted by atomic mass is 32.5. The van der Waals surface area contributed by atoms with E-state index in [4.69, 9.17) is 0 Å². The van der Waals surface area contributed by atoms with Crippen molar-refractivity contribution in [3.63, 3.8) is 0 Å². The van der Waals surface area contributed by atoms with Crippen molar-refractivity contribution < 1.29 is 22.9 Å². The van der Waals surface area contributed by atoms with Gasteiger partial charge in [-0.1, -0.05) is 11.8 Å². The zero-order chi connectivity index (χ0) is 18.0. The zero-order valence-electron chi connectivity index (χ0n) is 16.0. The number of likely N-dealkylation sites (N-methyl/N-ethyl adjacent to an activating group) is 2. The molecule has 0 bridgehead atoms. The predicted molar refractivity (Wildman–Crippen MR) is 99.7 cm³/mol. The molecule has 0 spiro atoms. The van der Waals surface area contributed by atoms with Crippen LogP contribution in [0.1, 0.15) is 41.5 Å². The highest BCUT2D eigenvalue weighted by molar-refractivity contribution is 8.06. The van der Waals surface area contributed by atoms with Gasteiger partial charge in [0.1, 0.15) is 32.9 Å². The van der Waals surface area contributed by atoms with Crippen LogP contribution in [0.3, 0.4) is 0 Å². The van der Waals surface area contributed by atoms with Crippen LogP contribution in [-0.4, -0.2) is 74.5 Å². The second kappa shape index (κ2) is 11.1. The lowest BCUT2D eigenvalue weighted by molar-refractivity contribution is -1.03. The van der Waals surface area contributed by atoms with Crippen LogP contribution in [0.4, 0.5) is 0 Å². The molecular weight excluding hydrogens is 331 g/mol. The van der Waals surface area contributed by atoms with Gasteiger partial charge in [-0.2, -0.15) is 0 Å². The third kappa shape index (κ3) is 7.91. The summed E-state index contributed by atoms with van der Waals surface area (Å²) < 4.78 is 12.0. The van der Waals surface area contributed by atoms with Gasteiger partial charge in [0, 0.05) is 0 Å². The molecule has 1 rings (SSSR count). The maximum atomic E-state index is 10.8. The molecule has 0 aromatic heterocycles. The Kier molecular flexibility index (Phi) is 11.4. The summed E-state index contributed by atoms with van der Waals surface area (Å²) in [6.07, 6.45) is 0. The fraction of sp³-hybridized carbons (Fsp3) is 1.00. The topological polar surface area (TPSA) is 41.5 Å². The number of rotatable bonds is 8. The van der Waals surface area contributed by atoms with Crippen molar-refractivity contribution in [1.29, 1.82) is 0 Å². The highest BCUT2D eigenvalue weighted by Gasteiger charge is 2.38. The lowest BCUT2D eigenvalue weighted by Gasteiger charge is -2.48. The monoisotopic (exact) mass is 369 g/mol. The first kappa shape index (κ1) is 23.4. The zero-order valence-corrected chi connectivity index (χ0v) is 17.8. The minimum atomic E-state index is -3.11. The Labute approximate surface area is 149 Å². The molecule has 0 radical (unpaired) electrons.